The lowest BCUT2D eigenvalue weighted by Gasteiger charge is -2.35. The Morgan fingerprint density at radius 2 is 2.05 bits per heavy atom. The summed E-state index contributed by atoms with van der Waals surface area (Å²) in [6, 6.07) is 6.18. The number of nitrogens with zero attached hydrogens (tertiary/aromatic N) is 1. The van der Waals surface area contributed by atoms with Gasteiger partial charge in [0, 0.05) is 36.3 Å². The first-order chi connectivity index (χ1) is 9.99. The summed E-state index contributed by atoms with van der Waals surface area (Å²) >= 11 is 5.79. The van der Waals surface area contributed by atoms with Gasteiger partial charge in [-0.2, -0.15) is 0 Å². The lowest BCUT2D eigenvalue weighted by atomic mass is 10.1. The number of hydrogen-bond donors (Lipinski definition) is 2. The zero-order valence-electron chi connectivity index (χ0n) is 12.2. The predicted octanol–water partition coefficient (Wildman–Crippen LogP) is 1.28. The smallest absolute Gasteiger partial charge is 0.251 e. The van der Waals surface area contributed by atoms with Crippen molar-refractivity contribution < 1.29 is 9.59 Å². The molecule has 5 nitrogen and oxygen atoms in total. The monoisotopic (exact) mass is 309 g/mol. The quantitative estimate of drug-likeness (QED) is 0.884. The van der Waals surface area contributed by atoms with E-state index in [0.29, 0.717) is 17.1 Å². The average molecular weight is 310 g/mol. The van der Waals surface area contributed by atoms with E-state index in [4.69, 9.17) is 11.6 Å². The van der Waals surface area contributed by atoms with Crippen molar-refractivity contribution in [3.05, 3.63) is 34.9 Å². The van der Waals surface area contributed by atoms with E-state index in [-0.39, 0.29) is 17.9 Å². The van der Waals surface area contributed by atoms with Crippen LogP contribution in [-0.2, 0) is 4.79 Å². The fourth-order valence-electron chi connectivity index (χ4n) is 2.36. The molecule has 1 fully saturated rings. The molecule has 0 aromatic heterocycles. The number of carbonyl (C=O) groups excluding carboxylic acids is 2. The summed E-state index contributed by atoms with van der Waals surface area (Å²) < 4.78 is 0. The lowest BCUT2D eigenvalue weighted by Crippen LogP contribution is -2.57. The zero-order valence-corrected chi connectivity index (χ0v) is 13.0. The largest absolute Gasteiger partial charge is 0.341 e. The molecule has 1 heterocycles. The highest BCUT2D eigenvalue weighted by molar-refractivity contribution is 6.30. The molecule has 0 aliphatic carbocycles. The highest BCUT2D eigenvalue weighted by atomic mass is 35.5. The summed E-state index contributed by atoms with van der Waals surface area (Å²) in [5.74, 6) is -0.318. The van der Waals surface area contributed by atoms with Gasteiger partial charge in [-0.05, 0) is 38.1 Å². The number of nitrogens with one attached hydrogen (secondary N) is 2. The van der Waals surface area contributed by atoms with Crippen molar-refractivity contribution in [3.63, 3.8) is 0 Å². The van der Waals surface area contributed by atoms with Crippen LogP contribution in [0.25, 0.3) is 0 Å². The summed E-state index contributed by atoms with van der Waals surface area (Å²) in [6.45, 7) is 5.95. The van der Waals surface area contributed by atoms with Gasteiger partial charge in [-0.1, -0.05) is 11.6 Å². The molecule has 21 heavy (non-hydrogen) atoms. The fourth-order valence-corrected chi connectivity index (χ4v) is 2.49. The molecule has 2 rings (SSSR count). The van der Waals surface area contributed by atoms with Crippen LogP contribution in [0.4, 0.5) is 0 Å². The maximum Gasteiger partial charge on any atom is 0.251 e. The molecule has 0 spiro atoms. The molecule has 1 unspecified atom stereocenters. The molecule has 1 aliphatic rings. The summed E-state index contributed by atoms with van der Waals surface area (Å²) in [5.41, 5.74) is 0.493. The maximum atomic E-state index is 12.4. The molecule has 6 heteroatoms. The van der Waals surface area contributed by atoms with Crippen LogP contribution in [0.5, 0.6) is 0 Å². The van der Waals surface area contributed by atoms with Crippen LogP contribution < -0.4 is 10.6 Å². The third-order valence-corrected chi connectivity index (χ3v) is 3.86. The summed E-state index contributed by atoms with van der Waals surface area (Å²) in [6.07, 6.45) is 0. The lowest BCUT2D eigenvalue weighted by molar-refractivity contribution is -0.135. The molecular formula is C15H20ClN3O2. The molecular weight excluding hydrogens is 290 g/mol. The molecule has 0 bridgehead atoms. The van der Waals surface area contributed by atoms with E-state index < -0.39 is 6.04 Å². The number of rotatable bonds is 3. The number of carbonyl (C=O) groups is 2. The van der Waals surface area contributed by atoms with E-state index in [1.54, 1.807) is 31.2 Å². The second-order valence-electron chi connectivity index (χ2n) is 5.29. The second kappa shape index (κ2) is 6.91. The van der Waals surface area contributed by atoms with Crippen LogP contribution in [0.1, 0.15) is 24.2 Å². The number of benzene rings is 1. The van der Waals surface area contributed by atoms with Gasteiger partial charge >= 0.3 is 0 Å². The Kier molecular flexibility index (Phi) is 5.20. The Morgan fingerprint density at radius 1 is 1.38 bits per heavy atom. The van der Waals surface area contributed by atoms with Crippen LogP contribution in [0, 0.1) is 0 Å². The third-order valence-electron chi connectivity index (χ3n) is 3.61. The minimum absolute atomic E-state index is 0.0497. The first-order valence-corrected chi connectivity index (χ1v) is 7.44. The molecule has 0 radical (unpaired) electrons. The Labute approximate surface area is 129 Å². The molecule has 2 atom stereocenters. The minimum Gasteiger partial charge on any atom is -0.341 e. The number of halogens is 1. The average Bonchev–Trinajstić information content (AvgIpc) is 2.47. The Hall–Kier alpha value is -1.59. The predicted molar refractivity (Wildman–Crippen MR) is 82.4 cm³/mol. The molecule has 1 aliphatic heterocycles. The Morgan fingerprint density at radius 3 is 2.67 bits per heavy atom. The van der Waals surface area contributed by atoms with E-state index in [9.17, 15) is 9.59 Å². The highest BCUT2D eigenvalue weighted by Gasteiger charge is 2.27. The van der Waals surface area contributed by atoms with Gasteiger partial charge in [0.05, 0.1) is 0 Å². The highest BCUT2D eigenvalue weighted by Crippen LogP contribution is 2.10. The van der Waals surface area contributed by atoms with Crippen LogP contribution in [0.3, 0.4) is 0 Å². The number of hydrogen-bond acceptors (Lipinski definition) is 3. The van der Waals surface area contributed by atoms with Gasteiger partial charge in [0.2, 0.25) is 5.91 Å². The van der Waals surface area contributed by atoms with Crippen LogP contribution in [0.15, 0.2) is 24.3 Å². The van der Waals surface area contributed by atoms with Crippen molar-refractivity contribution in [2.24, 2.45) is 0 Å². The van der Waals surface area contributed by atoms with E-state index in [0.717, 1.165) is 13.1 Å². The van der Waals surface area contributed by atoms with Crippen molar-refractivity contribution in [2.45, 2.75) is 25.9 Å². The van der Waals surface area contributed by atoms with Crippen molar-refractivity contribution in [3.8, 4) is 0 Å². The van der Waals surface area contributed by atoms with Crippen molar-refractivity contribution in [2.75, 3.05) is 19.6 Å². The third kappa shape index (κ3) is 3.95. The van der Waals surface area contributed by atoms with E-state index in [1.807, 2.05) is 11.8 Å². The van der Waals surface area contributed by atoms with Crippen LogP contribution >= 0.6 is 11.6 Å². The van der Waals surface area contributed by atoms with Gasteiger partial charge in [-0.15, -0.1) is 0 Å². The van der Waals surface area contributed by atoms with Gasteiger partial charge in [0.15, 0.2) is 0 Å². The zero-order chi connectivity index (χ0) is 15.4. The Balaban J connectivity index is 1.96. The Bertz CT molecular complexity index is 518. The van der Waals surface area contributed by atoms with Gasteiger partial charge in [0.1, 0.15) is 6.04 Å². The second-order valence-corrected chi connectivity index (χ2v) is 5.72. The molecule has 2 N–H and O–H groups in total. The van der Waals surface area contributed by atoms with Gasteiger partial charge in [-0.25, -0.2) is 0 Å². The summed E-state index contributed by atoms with van der Waals surface area (Å²) in [7, 11) is 0. The molecule has 1 aromatic carbocycles. The topological polar surface area (TPSA) is 61.4 Å². The van der Waals surface area contributed by atoms with Crippen LogP contribution in [0.2, 0.25) is 5.02 Å². The summed E-state index contributed by atoms with van der Waals surface area (Å²) in [5, 5.41) is 6.55. The number of amides is 2. The van der Waals surface area contributed by atoms with Gasteiger partial charge in [0.25, 0.3) is 5.91 Å². The SMILES string of the molecule is CC(NC(=O)c1ccc(Cl)cc1)C(=O)N1CCNC[C@@H]1C. The van der Waals surface area contributed by atoms with Crippen molar-refractivity contribution in [1.29, 1.82) is 0 Å². The molecule has 1 aromatic rings. The van der Waals surface area contributed by atoms with Crippen LogP contribution in [-0.4, -0.2) is 48.4 Å². The normalized spacial score (nSPS) is 20.0. The maximum absolute atomic E-state index is 12.4. The van der Waals surface area contributed by atoms with E-state index >= 15 is 0 Å². The number of piperazine rings is 1. The van der Waals surface area contributed by atoms with E-state index in [1.165, 1.54) is 0 Å². The first-order valence-electron chi connectivity index (χ1n) is 7.06. The molecule has 1 saturated heterocycles. The standard InChI is InChI=1S/C15H20ClN3O2/c1-10-9-17-7-8-19(10)15(21)11(2)18-14(20)12-3-5-13(16)6-4-12/h3-6,10-11,17H,7-9H2,1-2H3,(H,18,20)/t10-,11?/m0/s1. The fraction of sp³-hybridized carbons (Fsp3) is 0.467. The summed E-state index contributed by atoms with van der Waals surface area (Å²) in [4.78, 5) is 26.3. The van der Waals surface area contributed by atoms with E-state index in [2.05, 4.69) is 10.6 Å². The van der Waals surface area contributed by atoms with Gasteiger partial charge in [-0.3, -0.25) is 9.59 Å². The molecule has 0 saturated carbocycles. The van der Waals surface area contributed by atoms with Crippen molar-refractivity contribution >= 4 is 23.4 Å². The van der Waals surface area contributed by atoms with Gasteiger partial charge < -0.3 is 15.5 Å². The van der Waals surface area contributed by atoms with Crippen molar-refractivity contribution in [1.82, 2.24) is 15.5 Å². The minimum atomic E-state index is -0.547. The molecule has 2 amide bonds. The first kappa shape index (κ1) is 15.8. The molecule has 114 valence electrons.